The Kier molecular flexibility index (Phi) is 5.94. The molecule has 1 saturated heterocycles. The molecule has 6 nitrogen and oxygen atoms in total. The standard InChI is InChI=1S/C18H22ClN3O3/c1-2-24-18(23)22-10-8-21(9-11-22)7-6-16-13-17(25-20-16)14-4-3-5-15(19)12-14/h3-5,12-13H,2,6-11H2,1H3. The summed E-state index contributed by atoms with van der Waals surface area (Å²) in [4.78, 5) is 15.8. The fourth-order valence-corrected chi connectivity index (χ4v) is 3.04. The lowest BCUT2D eigenvalue weighted by atomic mass is 10.1. The lowest BCUT2D eigenvalue weighted by molar-refractivity contribution is 0.0798. The van der Waals surface area contributed by atoms with Gasteiger partial charge in [0.05, 0.1) is 12.3 Å². The number of amides is 1. The van der Waals surface area contributed by atoms with Gasteiger partial charge in [-0.3, -0.25) is 4.90 Å². The van der Waals surface area contributed by atoms with Gasteiger partial charge in [-0.05, 0) is 19.1 Å². The lowest BCUT2D eigenvalue weighted by Crippen LogP contribution is -2.49. The predicted octanol–water partition coefficient (Wildman–Crippen LogP) is 3.31. The average Bonchev–Trinajstić information content (AvgIpc) is 3.10. The van der Waals surface area contributed by atoms with Gasteiger partial charge in [0.15, 0.2) is 5.76 Å². The van der Waals surface area contributed by atoms with Crippen molar-refractivity contribution >= 4 is 17.7 Å². The monoisotopic (exact) mass is 363 g/mol. The summed E-state index contributed by atoms with van der Waals surface area (Å²) in [6.45, 7) is 6.22. The van der Waals surface area contributed by atoms with E-state index in [-0.39, 0.29) is 6.09 Å². The molecule has 25 heavy (non-hydrogen) atoms. The average molecular weight is 364 g/mol. The molecule has 1 aromatic carbocycles. The summed E-state index contributed by atoms with van der Waals surface area (Å²) in [6.07, 6.45) is 0.591. The Bertz CT molecular complexity index is 711. The Balaban J connectivity index is 1.48. The van der Waals surface area contributed by atoms with E-state index in [1.165, 1.54) is 0 Å². The van der Waals surface area contributed by atoms with Crippen molar-refractivity contribution in [2.24, 2.45) is 0 Å². The number of carbonyl (C=O) groups excluding carboxylic acids is 1. The van der Waals surface area contributed by atoms with Gasteiger partial charge in [-0.25, -0.2) is 4.79 Å². The van der Waals surface area contributed by atoms with Crippen LogP contribution in [0.15, 0.2) is 34.9 Å². The van der Waals surface area contributed by atoms with E-state index < -0.39 is 0 Å². The molecule has 0 bridgehead atoms. The Hall–Kier alpha value is -2.05. The van der Waals surface area contributed by atoms with E-state index in [9.17, 15) is 4.79 Å². The van der Waals surface area contributed by atoms with Crippen molar-refractivity contribution in [3.05, 3.63) is 41.0 Å². The number of hydrogen-bond acceptors (Lipinski definition) is 5. The molecule has 7 heteroatoms. The van der Waals surface area contributed by atoms with Crippen molar-refractivity contribution in [2.45, 2.75) is 13.3 Å². The molecule has 1 aliphatic heterocycles. The quantitative estimate of drug-likeness (QED) is 0.815. The van der Waals surface area contributed by atoms with Gasteiger partial charge >= 0.3 is 6.09 Å². The number of ether oxygens (including phenoxy) is 1. The second-order valence-corrected chi connectivity index (χ2v) is 6.41. The van der Waals surface area contributed by atoms with Crippen molar-refractivity contribution in [1.29, 1.82) is 0 Å². The van der Waals surface area contributed by atoms with Gasteiger partial charge in [-0.1, -0.05) is 28.9 Å². The van der Waals surface area contributed by atoms with Crippen LogP contribution in [-0.4, -0.2) is 60.4 Å². The molecular formula is C18H22ClN3O3. The Morgan fingerprint density at radius 2 is 2.08 bits per heavy atom. The molecule has 0 N–H and O–H groups in total. The molecule has 1 fully saturated rings. The molecule has 134 valence electrons. The van der Waals surface area contributed by atoms with E-state index in [0.717, 1.165) is 43.1 Å². The van der Waals surface area contributed by atoms with Crippen molar-refractivity contribution in [1.82, 2.24) is 15.0 Å². The number of benzene rings is 1. The molecule has 1 amide bonds. The molecule has 2 aromatic rings. The van der Waals surface area contributed by atoms with Crippen LogP contribution in [0, 0.1) is 0 Å². The van der Waals surface area contributed by atoms with Gasteiger partial charge in [-0.15, -0.1) is 0 Å². The molecule has 1 aromatic heterocycles. The van der Waals surface area contributed by atoms with Crippen molar-refractivity contribution in [3.63, 3.8) is 0 Å². The third-order valence-corrected chi connectivity index (χ3v) is 4.49. The Morgan fingerprint density at radius 3 is 2.80 bits per heavy atom. The normalized spacial score (nSPS) is 15.4. The minimum atomic E-state index is -0.218. The molecule has 0 unspecified atom stereocenters. The van der Waals surface area contributed by atoms with Crippen LogP contribution in [0.3, 0.4) is 0 Å². The van der Waals surface area contributed by atoms with Gasteiger partial charge in [0, 0.05) is 55.8 Å². The number of hydrogen-bond donors (Lipinski definition) is 0. The van der Waals surface area contributed by atoms with E-state index in [4.69, 9.17) is 20.9 Å². The fraction of sp³-hybridized carbons (Fsp3) is 0.444. The molecule has 0 atom stereocenters. The topological polar surface area (TPSA) is 58.8 Å². The number of aromatic nitrogens is 1. The minimum absolute atomic E-state index is 0.218. The summed E-state index contributed by atoms with van der Waals surface area (Å²) in [5.74, 6) is 0.727. The van der Waals surface area contributed by atoms with E-state index in [1.807, 2.05) is 37.3 Å². The van der Waals surface area contributed by atoms with Crippen LogP contribution in [0.5, 0.6) is 0 Å². The third-order valence-electron chi connectivity index (χ3n) is 4.25. The summed E-state index contributed by atoms with van der Waals surface area (Å²) >= 11 is 6.01. The second-order valence-electron chi connectivity index (χ2n) is 5.97. The van der Waals surface area contributed by atoms with Gasteiger partial charge < -0.3 is 14.2 Å². The summed E-state index contributed by atoms with van der Waals surface area (Å²) in [5, 5.41) is 4.82. The first-order valence-electron chi connectivity index (χ1n) is 8.51. The van der Waals surface area contributed by atoms with Crippen molar-refractivity contribution in [2.75, 3.05) is 39.3 Å². The lowest BCUT2D eigenvalue weighted by Gasteiger charge is -2.33. The van der Waals surface area contributed by atoms with E-state index in [1.54, 1.807) is 4.90 Å². The zero-order valence-corrected chi connectivity index (χ0v) is 15.0. The van der Waals surface area contributed by atoms with Crippen LogP contribution >= 0.6 is 11.6 Å². The van der Waals surface area contributed by atoms with Gasteiger partial charge in [0.1, 0.15) is 0 Å². The maximum Gasteiger partial charge on any atom is 0.409 e. The van der Waals surface area contributed by atoms with Gasteiger partial charge in [0.25, 0.3) is 0 Å². The zero-order valence-electron chi connectivity index (χ0n) is 14.3. The second kappa shape index (κ2) is 8.36. The Labute approximate surface area is 152 Å². The maximum atomic E-state index is 11.7. The largest absolute Gasteiger partial charge is 0.450 e. The summed E-state index contributed by atoms with van der Waals surface area (Å²) < 4.78 is 10.5. The highest BCUT2D eigenvalue weighted by molar-refractivity contribution is 6.30. The molecule has 2 heterocycles. The molecule has 0 radical (unpaired) electrons. The Morgan fingerprint density at radius 1 is 1.28 bits per heavy atom. The highest BCUT2D eigenvalue weighted by Crippen LogP contribution is 2.23. The first-order valence-corrected chi connectivity index (χ1v) is 8.89. The summed E-state index contributed by atoms with van der Waals surface area (Å²) in [6, 6.07) is 9.49. The van der Waals surface area contributed by atoms with Crippen LogP contribution in [0.1, 0.15) is 12.6 Å². The number of piperazine rings is 1. The van der Waals surface area contributed by atoms with E-state index >= 15 is 0 Å². The molecule has 0 spiro atoms. The van der Waals surface area contributed by atoms with Crippen LogP contribution in [-0.2, 0) is 11.2 Å². The maximum absolute atomic E-state index is 11.7. The van der Waals surface area contributed by atoms with Gasteiger partial charge in [0.2, 0.25) is 0 Å². The van der Waals surface area contributed by atoms with Crippen LogP contribution in [0.4, 0.5) is 4.79 Å². The number of rotatable bonds is 5. The number of halogens is 1. The SMILES string of the molecule is CCOC(=O)N1CCN(CCc2cc(-c3cccc(Cl)c3)on2)CC1. The highest BCUT2D eigenvalue weighted by atomic mass is 35.5. The molecular weight excluding hydrogens is 342 g/mol. The first-order chi connectivity index (χ1) is 12.2. The van der Waals surface area contributed by atoms with Crippen molar-refractivity contribution < 1.29 is 14.1 Å². The van der Waals surface area contributed by atoms with Crippen LogP contribution in [0.25, 0.3) is 11.3 Å². The molecule has 0 saturated carbocycles. The number of nitrogens with zero attached hydrogens (tertiary/aromatic N) is 3. The smallest absolute Gasteiger partial charge is 0.409 e. The van der Waals surface area contributed by atoms with Crippen molar-refractivity contribution in [3.8, 4) is 11.3 Å². The first kappa shape index (κ1) is 17.8. The molecule has 3 rings (SSSR count). The molecule has 1 aliphatic rings. The van der Waals surface area contributed by atoms with E-state index in [0.29, 0.717) is 24.7 Å². The fourth-order valence-electron chi connectivity index (χ4n) is 2.85. The third kappa shape index (κ3) is 4.74. The summed E-state index contributed by atoms with van der Waals surface area (Å²) in [7, 11) is 0. The zero-order chi connectivity index (χ0) is 17.6. The van der Waals surface area contributed by atoms with Crippen LogP contribution < -0.4 is 0 Å². The van der Waals surface area contributed by atoms with E-state index in [2.05, 4.69) is 10.1 Å². The number of carbonyl (C=O) groups is 1. The predicted molar refractivity (Wildman–Crippen MR) is 95.7 cm³/mol. The van der Waals surface area contributed by atoms with Gasteiger partial charge in [-0.2, -0.15) is 0 Å². The highest BCUT2D eigenvalue weighted by Gasteiger charge is 2.21. The minimum Gasteiger partial charge on any atom is -0.450 e. The summed E-state index contributed by atoms with van der Waals surface area (Å²) in [5.41, 5.74) is 1.84. The van der Waals surface area contributed by atoms with Crippen LogP contribution in [0.2, 0.25) is 5.02 Å². The molecule has 0 aliphatic carbocycles.